The number of aryl methyl sites for hydroxylation is 2. The van der Waals surface area contributed by atoms with Crippen LogP contribution in [0.5, 0.6) is 0 Å². The highest BCUT2D eigenvalue weighted by atomic mass is 16.4. The maximum Gasteiger partial charge on any atom is 0.336 e. The maximum atomic E-state index is 12.3. The molecule has 1 aliphatic carbocycles. The van der Waals surface area contributed by atoms with E-state index in [0.717, 1.165) is 76.3 Å². The van der Waals surface area contributed by atoms with Crippen molar-refractivity contribution in [2.24, 2.45) is 10.9 Å². The van der Waals surface area contributed by atoms with Crippen LogP contribution in [0.15, 0.2) is 77.4 Å². The Labute approximate surface area is 242 Å². The van der Waals surface area contributed by atoms with Crippen LogP contribution in [0.25, 0.3) is 22.2 Å². The zero-order valence-electron chi connectivity index (χ0n) is 24.4. The molecule has 1 N–H and O–H groups in total. The molecule has 1 aliphatic heterocycles. The largest absolute Gasteiger partial charge is 0.478 e. The van der Waals surface area contributed by atoms with E-state index in [1.807, 2.05) is 48.5 Å². The van der Waals surface area contributed by atoms with Crippen LogP contribution in [0, 0.1) is 12.8 Å². The van der Waals surface area contributed by atoms with E-state index in [0.29, 0.717) is 24.1 Å². The summed E-state index contributed by atoms with van der Waals surface area (Å²) in [7, 11) is 0. The van der Waals surface area contributed by atoms with E-state index in [-0.39, 0.29) is 0 Å². The molecule has 4 aromatic rings. The summed E-state index contributed by atoms with van der Waals surface area (Å²) in [5, 5.41) is 10.1. The molecule has 0 fully saturated rings. The smallest absolute Gasteiger partial charge is 0.336 e. The molecule has 0 saturated heterocycles. The maximum absolute atomic E-state index is 12.3. The molecule has 0 amide bonds. The Bertz CT molecular complexity index is 1680. The summed E-state index contributed by atoms with van der Waals surface area (Å²) in [4.78, 5) is 25.0. The zero-order chi connectivity index (χ0) is 28.7. The number of fused-ring (bicyclic) bond motifs is 2. The van der Waals surface area contributed by atoms with Gasteiger partial charge in [0.25, 0.3) is 0 Å². The van der Waals surface area contributed by atoms with Crippen LogP contribution in [-0.2, 0) is 13.0 Å². The van der Waals surface area contributed by atoms with E-state index in [1.165, 1.54) is 12.1 Å². The first-order valence-corrected chi connectivity index (χ1v) is 14.8. The molecule has 2 aliphatic rings. The molecule has 0 radical (unpaired) electrons. The third-order valence-electron chi connectivity index (χ3n) is 8.26. The quantitative estimate of drug-likeness (QED) is 0.249. The molecule has 210 valence electrons. The second-order valence-electron chi connectivity index (χ2n) is 11.7. The average Bonchev–Trinajstić information content (AvgIpc) is 3.51. The first kappa shape index (κ1) is 27.0. The van der Waals surface area contributed by atoms with Crippen LogP contribution in [0.1, 0.15) is 72.9 Å². The second kappa shape index (κ2) is 11.0. The summed E-state index contributed by atoms with van der Waals surface area (Å²) in [5.41, 5.74) is 8.42. The van der Waals surface area contributed by atoms with Crippen molar-refractivity contribution in [2.45, 2.75) is 66.0 Å². The van der Waals surface area contributed by atoms with Crippen LogP contribution in [0.3, 0.4) is 0 Å². The molecule has 6 heteroatoms. The predicted octanol–water partition coefficient (Wildman–Crippen LogP) is 7.48. The van der Waals surface area contributed by atoms with Gasteiger partial charge < -0.3 is 14.6 Å². The summed E-state index contributed by atoms with van der Waals surface area (Å²) in [6, 6.07) is 20.3. The lowest BCUT2D eigenvalue weighted by Gasteiger charge is -2.31. The van der Waals surface area contributed by atoms with Crippen LogP contribution < -0.4 is 0 Å². The van der Waals surface area contributed by atoms with Gasteiger partial charge in [0, 0.05) is 25.1 Å². The number of benzene rings is 3. The van der Waals surface area contributed by atoms with Crippen molar-refractivity contribution in [3.05, 3.63) is 101 Å². The van der Waals surface area contributed by atoms with E-state index >= 15 is 0 Å². The molecule has 6 nitrogen and oxygen atoms in total. The predicted molar refractivity (Wildman–Crippen MR) is 166 cm³/mol. The van der Waals surface area contributed by atoms with Crippen LogP contribution in [0.4, 0.5) is 0 Å². The lowest BCUT2D eigenvalue weighted by atomic mass is 9.97. The number of nitrogens with zero attached hydrogens (tertiary/aromatic N) is 4. The molecule has 1 atom stereocenters. The minimum atomic E-state index is -0.921. The van der Waals surface area contributed by atoms with Crippen molar-refractivity contribution in [1.29, 1.82) is 0 Å². The molecular weight excluding hydrogens is 508 g/mol. The number of aromatic carboxylic acids is 1. The normalized spacial score (nSPS) is 16.7. The molecule has 3 aromatic carbocycles. The van der Waals surface area contributed by atoms with Crippen molar-refractivity contribution in [3.8, 4) is 11.1 Å². The lowest BCUT2D eigenvalue weighted by Crippen LogP contribution is -2.39. The van der Waals surface area contributed by atoms with Crippen molar-refractivity contribution < 1.29 is 9.90 Å². The number of amidine groups is 1. The van der Waals surface area contributed by atoms with Crippen molar-refractivity contribution >= 4 is 22.8 Å². The van der Waals surface area contributed by atoms with Gasteiger partial charge in [0.05, 0.1) is 28.3 Å². The highest BCUT2D eigenvalue weighted by Gasteiger charge is 2.34. The molecule has 1 unspecified atom stereocenters. The highest BCUT2D eigenvalue weighted by molar-refractivity contribution is 6.04. The number of carbonyl (C=O) groups is 1. The van der Waals surface area contributed by atoms with E-state index in [9.17, 15) is 9.90 Å². The SMILES string of the molecule is CCc1nc2c(C)cc(C3=NC4=CCCCC4N3CC(C)C)cc2n1Cc1ccc(-c2ccccc2)c(C(=O)O)c1. The number of rotatable bonds is 8. The second-order valence-corrected chi connectivity index (χ2v) is 11.7. The third kappa shape index (κ3) is 5.08. The van der Waals surface area contributed by atoms with Gasteiger partial charge in [-0.1, -0.05) is 69.3 Å². The van der Waals surface area contributed by atoms with Crippen LogP contribution in [-0.4, -0.2) is 43.9 Å². The van der Waals surface area contributed by atoms with Crippen molar-refractivity contribution in [3.63, 3.8) is 0 Å². The Kier molecular flexibility index (Phi) is 7.24. The number of hydrogen-bond donors (Lipinski definition) is 1. The van der Waals surface area contributed by atoms with Crippen molar-refractivity contribution in [2.75, 3.05) is 6.54 Å². The minimum Gasteiger partial charge on any atom is -0.478 e. The molecule has 0 saturated carbocycles. The fourth-order valence-electron chi connectivity index (χ4n) is 6.39. The molecule has 0 spiro atoms. The van der Waals surface area contributed by atoms with Gasteiger partial charge in [-0.05, 0) is 72.6 Å². The van der Waals surface area contributed by atoms with Gasteiger partial charge in [0.1, 0.15) is 11.7 Å². The summed E-state index contributed by atoms with van der Waals surface area (Å²) >= 11 is 0. The molecular formula is C35H38N4O2. The summed E-state index contributed by atoms with van der Waals surface area (Å²) < 4.78 is 2.25. The fraction of sp³-hybridized carbons (Fsp3) is 0.343. The average molecular weight is 547 g/mol. The number of hydrogen-bond acceptors (Lipinski definition) is 4. The lowest BCUT2D eigenvalue weighted by molar-refractivity contribution is 0.0697. The summed E-state index contributed by atoms with van der Waals surface area (Å²) in [6.45, 7) is 10.3. The molecule has 0 bridgehead atoms. The Hall–Kier alpha value is -4.19. The Morgan fingerprint density at radius 1 is 1.07 bits per heavy atom. The number of carboxylic acids is 1. The van der Waals surface area contributed by atoms with Gasteiger partial charge in [-0.15, -0.1) is 0 Å². The zero-order valence-corrected chi connectivity index (χ0v) is 24.4. The molecule has 1 aromatic heterocycles. The van der Waals surface area contributed by atoms with E-state index in [2.05, 4.69) is 55.4 Å². The molecule has 41 heavy (non-hydrogen) atoms. The molecule has 2 heterocycles. The van der Waals surface area contributed by atoms with Gasteiger partial charge in [0.2, 0.25) is 0 Å². The standard InChI is InChI=1S/C35H38N4O2/c1-5-32-37-33-23(4)17-26(34-36-29-13-9-10-14-30(29)39(34)20-22(2)3)19-31(33)38(32)21-24-15-16-27(28(18-24)35(40)41)25-11-7-6-8-12-25/h6-8,11-13,15-19,22,30H,5,9-10,14,20-21H2,1-4H3,(H,40,41). The Morgan fingerprint density at radius 3 is 2.61 bits per heavy atom. The summed E-state index contributed by atoms with van der Waals surface area (Å²) in [6.07, 6.45) is 6.56. The van der Waals surface area contributed by atoms with E-state index in [1.54, 1.807) is 0 Å². The number of carboxylic acid groups (broad SMARTS) is 1. The monoisotopic (exact) mass is 546 g/mol. The highest BCUT2D eigenvalue weighted by Crippen LogP contribution is 2.34. The Balaban J connectivity index is 1.43. The number of aliphatic imine (C=N–C) groups is 1. The Morgan fingerprint density at radius 2 is 1.88 bits per heavy atom. The third-order valence-corrected chi connectivity index (χ3v) is 8.26. The van der Waals surface area contributed by atoms with Gasteiger partial charge in [-0.2, -0.15) is 0 Å². The van der Waals surface area contributed by atoms with Gasteiger partial charge in [-0.25, -0.2) is 14.8 Å². The van der Waals surface area contributed by atoms with Crippen LogP contribution in [0.2, 0.25) is 0 Å². The van der Waals surface area contributed by atoms with Gasteiger partial charge in [-0.3, -0.25) is 0 Å². The fourth-order valence-corrected chi connectivity index (χ4v) is 6.39. The number of imidazole rings is 1. The number of aromatic nitrogens is 2. The summed E-state index contributed by atoms with van der Waals surface area (Å²) in [5.74, 6) is 1.67. The minimum absolute atomic E-state index is 0.313. The van der Waals surface area contributed by atoms with E-state index < -0.39 is 5.97 Å². The first-order valence-electron chi connectivity index (χ1n) is 14.8. The topological polar surface area (TPSA) is 70.7 Å². The van der Waals surface area contributed by atoms with Crippen molar-refractivity contribution in [1.82, 2.24) is 14.5 Å². The first-order chi connectivity index (χ1) is 19.8. The van der Waals surface area contributed by atoms with Crippen LogP contribution >= 0.6 is 0 Å². The molecule has 6 rings (SSSR count). The van der Waals surface area contributed by atoms with Gasteiger partial charge >= 0.3 is 5.97 Å². The number of allylic oxidation sites excluding steroid dienone is 1. The van der Waals surface area contributed by atoms with E-state index in [4.69, 9.17) is 9.98 Å². The van der Waals surface area contributed by atoms with Gasteiger partial charge in [0.15, 0.2) is 0 Å².